The van der Waals surface area contributed by atoms with Crippen molar-refractivity contribution in [2.45, 2.75) is 50.0 Å². The van der Waals surface area contributed by atoms with E-state index in [9.17, 15) is 29.1 Å². The zero-order valence-corrected chi connectivity index (χ0v) is 18.2. The maximum absolute atomic E-state index is 12.5. The molecule has 12 nitrogen and oxygen atoms in total. The number of carboxylic acids is 2. The molecular formula is C16H28N4O8S2. The van der Waals surface area contributed by atoms with E-state index in [1.807, 2.05) is 0 Å². The molecule has 172 valence electrons. The van der Waals surface area contributed by atoms with Gasteiger partial charge in [-0.1, -0.05) is 0 Å². The first-order chi connectivity index (χ1) is 13.9. The molecule has 0 aliphatic carbocycles. The largest absolute Gasteiger partial charge is 0.481 e. The third kappa shape index (κ3) is 10.1. The number of amides is 3. The summed E-state index contributed by atoms with van der Waals surface area (Å²) in [7, 11) is 0. The van der Waals surface area contributed by atoms with Crippen molar-refractivity contribution in [3.63, 3.8) is 0 Å². The Hall–Kier alpha value is -2.03. The van der Waals surface area contributed by atoms with Crippen molar-refractivity contribution in [3.8, 4) is 0 Å². The Labute approximate surface area is 183 Å². The number of nitrogens with one attached hydrogen (secondary N) is 3. The van der Waals surface area contributed by atoms with Crippen LogP contribution in [0.4, 0.5) is 0 Å². The highest BCUT2D eigenvalue weighted by Crippen LogP contribution is 2.04. The van der Waals surface area contributed by atoms with Crippen LogP contribution >= 0.6 is 24.4 Å². The van der Waals surface area contributed by atoms with Gasteiger partial charge in [-0.15, -0.1) is 0 Å². The zero-order chi connectivity index (χ0) is 23.4. The number of rotatable bonds is 14. The first-order valence-corrected chi connectivity index (χ1v) is 10.9. The maximum Gasteiger partial charge on any atom is 0.326 e. The van der Waals surface area contributed by atoms with Gasteiger partial charge in [-0.2, -0.15) is 24.4 Å². The number of aliphatic hydroxyl groups is 1. The molecule has 0 aliphatic heterocycles. The fourth-order valence-corrected chi connectivity index (χ4v) is 2.83. The topological polar surface area (TPSA) is 208 Å². The van der Waals surface area contributed by atoms with Crippen LogP contribution in [0.1, 0.15) is 19.8 Å². The van der Waals surface area contributed by atoms with Crippen molar-refractivity contribution in [3.05, 3.63) is 0 Å². The van der Waals surface area contributed by atoms with Crippen LogP contribution in [0, 0.1) is 0 Å². The van der Waals surface area contributed by atoms with E-state index >= 15 is 0 Å². The number of nitrogens with two attached hydrogens (primary N) is 1. The van der Waals surface area contributed by atoms with E-state index in [2.05, 4.69) is 28.6 Å². The molecule has 0 heterocycles. The fourth-order valence-electron chi connectivity index (χ4n) is 2.10. The summed E-state index contributed by atoms with van der Waals surface area (Å²) in [5.41, 5.74) is 5.51. The minimum Gasteiger partial charge on any atom is -0.481 e. The predicted octanol–water partition coefficient (Wildman–Crippen LogP) is -2.61. The van der Waals surface area contributed by atoms with Crippen LogP contribution in [0.25, 0.3) is 0 Å². The molecule has 8 N–H and O–H groups in total. The summed E-state index contributed by atoms with van der Waals surface area (Å²) in [5.74, 6) is -5.11. The summed E-state index contributed by atoms with van der Waals surface area (Å²) < 4.78 is 0. The van der Waals surface area contributed by atoms with Gasteiger partial charge in [0.25, 0.3) is 0 Å². The third-order valence-corrected chi connectivity index (χ3v) is 4.88. The number of hydrogen-bond acceptors (Lipinski definition) is 9. The number of carboxylic acid groups (broad SMARTS) is 2. The molecule has 0 fully saturated rings. The van der Waals surface area contributed by atoms with E-state index in [0.29, 0.717) is 5.75 Å². The average molecular weight is 469 g/mol. The molecule has 0 radical (unpaired) electrons. The second kappa shape index (κ2) is 14.1. The lowest BCUT2D eigenvalue weighted by molar-refractivity contribution is -0.147. The van der Waals surface area contributed by atoms with Gasteiger partial charge >= 0.3 is 11.9 Å². The van der Waals surface area contributed by atoms with Crippen LogP contribution in [-0.2, 0) is 24.0 Å². The molecule has 30 heavy (non-hydrogen) atoms. The van der Waals surface area contributed by atoms with Gasteiger partial charge in [0.15, 0.2) is 0 Å². The van der Waals surface area contributed by atoms with E-state index in [4.69, 9.17) is 15.9 Å². The molecule has 0 saturated carbocycles. The van der Waals surface area contributed by atoms with Gasteiger partial charge in [0.05, 0.1) is 12.5 Å². The molecule has 5 unspecified atom stereocenters. The number of carbonyl (C=O) groups excluding carboxylic acids is 3. The lowest BCUT2D eigenvalue weighted by Crippen LogP contribution is -2.58. The molecule has 0 aliphatic rings. The standard InChI is InChI=1S/C16H28N4O8S2/c1-7(21)12(17)15(26)20-10(6-29)14(25)18-8(3-4-30-2)13(24)19-9(16(27)28)5-11(22)23/h7-10,12,21,29H,3-6,17H2,1-2H3,(H,18,25)(H,19,24)(H,20,26)(H,22,23)(H,27,28). The average Bonchev–Trinajstić information content (AvgIpc) is 2.66. The third-order valence-electron chi connectivity index (χ3n) is 3.87. The van der Waals surface area contributed by atoms with Crippen LogP contribution in [0.2, 0.25) is 0 Å². The Balaban J connectivity index is 5.25. The highest BCUT2D eigenvalue weighted by Gasteiger charge is 2.31. The lowest BCUT2D eigenvalue weighted by Gasteiger charge is -2.24. The van der Waals surface area contributed by atoms with Crippen molar-refractivity contribution >= 4 is 54.1 Å². The monoisotopic (exact) mass is 468 g/mol. The van der Waals surface area contributed by atoms with Crippen molar-refractivity contribution in [2.75, 3.05) is 17.8 Å². The molecule has 0 spiro atoms. The van der Waals surface area contributed by atoms with Gasteiger partial charge in [0, 0.05) is 5.75 Å². The Kier molecular flexibility index (Phi) is 13.1. The number of hydrogen-bond donors (Lipinski definition) is 8. The van der Waals surface area contributed by atoms with E-state index in [1.54, 1.807) is 6.26 Å². The molecule has 0 aromatic carbocycles. The summed E-state index contributed by atoms with van der Waals surface area (Å²) >= 11 is 5.36. The van der Waals surface area contributed by atoms with Crippen molar-refractivity contribution in [2.24, 2.45) is 5.73 Å². The summed E-state index contributed by atoms with van der Waals surface area (Å²) in [6.07, 6.45) is -0.110. The molecular weight excluding hydrogens is 440 g/mol. The van der Waals surface area contributed by atoms with E-state index < -0.39 is 66.4 Å². The Morgan fingerprint density at radius 1 is 0.967 bits per heavy atom. The summed E-state index contributed by atoms with van der Waals surface area (Å²) in [6, 6.07) is -5.30. The SMILES string of the molecule is CSCCC(NC(=O)C(CS)NC(=O)C(N)C(C)O)C(=O)NC(CC(=O)O)C(=O)O. The molecule has 0 aromatic rings. The second-order valence-electron chi connectivity index (χ2n) is 6.35. The van der Waals surface area contributed by atoms with Crippen molar-refractivity contribution < 1.29 is 39.3 Å². The van der Waals surface area contributed by atoms with Crippen molar-refractivity contribution in [1.82, 2.24) is 16.0 Å². The number of thiol groups is 1. The lowest BCUT2D eigenvalue weighted by atomic mass is 10.1. The van der Waals surface area contributed by atoms with Crippen LogP contribution < -0.4 is 21.7 Å². The quantitative estimate of drug-likeness (QED) is 0.125. The first kappa shape index (κ1) is 28.0. The number of carbonyl (C=O) groups is 5. The van der Waals surface area contributed by atoms with E-state index in [0.717, 1.165) is 0 Å². The van der Waals surface area contributed by atoms with Crippen LogP contribution in [0.15, 0.2) is 0 Å². The summed E-state index contributed by atoms with van der Waals surface area (Å²) in [5, 5.41) is 34.0. The molecule has 0 rings (SSSR count). The second-order valence-corrected chi connectivity index (χ2v) is 7.70. The van der Waals surface area contributed by atoms with E-state index in [1.165, 1.54) is 18.7 Å². The molecule has 0 bridgehead atoms. The van der Waals surface area contributed by atoms with E-state index in [-0.39, 0.29) is 12.2 Å². The number of aliphatic carboxylic acids is 2. The van der Waals surface area contributed by atoms with Crippen molar-refractivity contribution in [1.29, 1.82) is 0 Å². The molecule has 3 amide bonds. The van der Waals surface area contributed by atoms with Gasteiger partial charge < -0.3 is 37.0 Å². The van der Waals surface area contributed by atoms with Crippen LogP contribution in [0.5, 0.6) is 0 Å². The van der Waals surface area contributed by atoms with Crippen LogP contribution in [-0.4, -0.2) is 93.0 Å². The Bertz CT molecular complexity index is 634. The number of aliphatic hydroxyl groups excluding tert-OH is 1. The predicted molar refractivity (Wildman–Crippen MR) is 112 cm³/mol. The minimum absolute atomic E-state index is 0.124. The molecule has 0 aromatic heterocycles. The van der Waals surface area contributed by atoms with Gasteiger partial charge in [0.1, 0.15) is 24.2 Å². The Morgan fingerprint density at radius 2 is 1.47 bits per heavy atom. The van der Waals surface area contributed by atoms with Gasteiger partial charge in [0.2, 0.25) is 17.7 Å². The first-order valence-electron chi connectivity index (χ1n) is 8.83. The van der Waals surface area contributed by atoms with Crippen LogP contribution in [0.3, 0.4) is 0 Å². The van der Waals surface area contributed by atoms with Gasteiger partial charge in [-0.25, -0.2) is 4.79 Å². The smallest absolute Gasteiger partial charge is 0.326 e. The minimum atomic E-state index is -1.67. The van der Waals surface area contributed by atoms with Gasteiger partial charge in [-0.3, -0.25) is 19.2 Å². The zero-order valence-electron chi connectivity index (χ0n) is 16.5. The molecule has 14 heteroatoms. The Morgan fingerprint density at radius 3 is 1.90 bits per heavy atom. The normalized spacial score (nSPS) is 15.8. The molecule has 0 saturated heterocycles. The fraction of sp³-hybridized carbons (Fsp3) is 0.688. The summed E-state index contributed by atoms with van der Waals surface area (Å²) in [4.78, 5) is 58.9. The summed E-state index contributed by atoms with van der Waals surface area (Å²) in [6.45, 7) is 1.30. The highest BCUT2D eigenvalue weighted by molar-refractivity contribution is 7.98. The number of thioether (sulfide) groups is 1. The molecule has 5 atom stereocenters. The highest BCUT2D eigenvalue weighted by atomic mass is 32.2. The van der Waals surface area contributed by atoms with Gasteiger partial charge in [-0.05, 0) is 25.4 Å². The maximum atomic E-state index is 12.5.